The van der Waals surface area contributed by atoms with E-state index in [1.807, 2.05) is 58.3 Å². The molecule has 0 spiro atoms. The smallest absolute Gasteiger partial charge is 0.250 e. The first-order valence-electron chi connectivity index (χ1n) is 9.58. The second kappa shape index (κ2) is 7.71. The van der Waals surface area contributed by atoms with Gasteiger partial charge in [0, 0.05) is 18.8 Å². The van der Waals surface area contributed by atoms with E-state index in [9.17, 15) is 9.59 Å². The molecular weight excluding hydrogens is 404 g/mol. The van der Waals surface area contributed by atoms with Crippen molar-refractivity contribution in [2.75, 3.05) is 14.1 Å². The fourth-order valence-corrected chi connectivity index (χ4v) is 5.48. The van der Waals surface area contributed by atoms with Crippen LogP contribution in [0.5, 0.6) is 0 Å². The number of amides is 2. The van der Waals surface area contributed by atoms with Gasteiger partial charge in [-0.05, 0) is 29.8 Å². The van der Waals surface area contributed by atoms with Crippen LogP contribution in [-0.2, 0) is 9.59 Å². The van der Waals surface area contributed by atoms with Crippen LogP contribution in [0.1, 0.15) is 37.3 Å². The Morgan fingerprint density at radius 3 is 2.73 bits per heavy atom. The molecule has 0 radical (unpaired) electrons. The van der Waals surface area contributed by atoms with Crippen molar-refractivity contribution >= 4 is 29.9 Å². The van der Waals surface area contributed by atoms with Gasteiger partial charge in [0.25, 0.3) is 0 Å². The predicted molar refractivity (Wildman–Crippen MR) is 113 cm³/mol. The van der Waals surface area contributed by atoms with Gasteiger partial charge in [-0.25, -0.2) is 5.10 Å². The predicted octanol–water partition coefficient (Wildman–Crippen LogP) is 0.751. The summed E-state index contributed by atoms with van der Waals surface area (Å²) in [6.45, 7) is 4.09. The molecule has 2 saturated heterocycles. The molecule has 30 heavy (non-hydrogen) atoms. The van der Waals surface area contributed by atoms with Gasteiger partial charge in [0.15, 0.2) is 11.9 Å². The summed E-state index contributed by atoms with van der Waals surface area (Å²) in [6, 6.07) is 7.70. The van der Waals surface area contributed by atoms with E-state index in [-0.39, 0.29) is 28.0 Å². The summed E-state index contributed by atoms with van der Waals surface area (Å²) in [5.41, 5.74) is 0.766. The SMILES string of the molecule is CN(C)/C=N/C(C(=O)NC1C(=O)N2C(c3nnn[nH]3)C(C)(C)S[C@H]12)c1ccccc1. The third-order valence-corrected chi connectivity index (χ3v) is 6.74. The van der Waals surface area contributed by atoms with Crippen molar-refractivity contribution in [2.24, 2.45) is 4.99 Å². The molecule has 2 aliphatic heterocycles. The number of rotatable bonds is 6. The molecule has 2 fully saturated rings. The highest BCUT2D eigenvalue weighted by Gasteiger charge is 2.63. The molecule has 10 nitrogen and oxygen atoms in total. The van der Waals surface area contributed by atoms with Crippen LogP contribution in [0.2, 0.25) is 0 Å². The summed E-state index contributed by atoms with van der Waals surface area (Å²) in [4.78, 5) is 34.0. The maximum absolute atomic E-state index is 13.1. The maximum Gasteiger partial charge on any atom is 0.250 e. The fraction of sp³-hybridized carbons (Fsp3) is 0.474. The van der Waals surface area contributed by atoms with Crippen LogP contribution >= 0.6 is 11.8 Å². The van der Waals surface area contributed by atoms with Crippen LogP contribution in [0, 0.1) is 0 Å². The number of benzene rings is 1. The molecule has 2 aliphatic rings. The van der Waals surface area contributed by atoms with Gasteiger partial charge < -0.3 is 15.1 Å². The minimum absolute atomic E-state index is 0.142. The Balaban J connectivity index is 1.53. The Hall–Kier alpha value is -2.95. The number of β-lactam (4-membered cyclic amide) rings is 1. The first kappa shape index (κ1) is 20.3. The van der Waals surface area contributed by atoms with Crippen LogP contribution in [-0.4, -0.2) is 78.8 Å². The number of aliphatic imine (C=N–C) groups is 1. The van der Waals surface area contributed by atoms with Crippen LogP contribution in [0.25, 0.3) is 0 Å². The quantitative estimate of drug-likeness (QED) is 0.396. The third-order valence-electron chi connectivity index (χ3n) is 5.17. The molecule has 3 heterocycles. The molecule has 4 rings (SSSR count). The Morgan fingerprint density at radius 2 is 2.10 bits per heavy atom. The van der Waals surface area contributed by atoms with Gasteiger partial charge in [0.1, 0.15) is 17.5 Å². The summed E-state index contributed by atoms with van der Waals surface area (Å²) in [5, 5.41) is 16.8. The molecule has 1 aromatic heterocycles. The van der Waals surface area contributed by atoms with Crippen molar-refractivity contribution in [3.63, 3.8) is 0 Å². The number of fused-ring (bicyclic) bond motifs is 1. The van der Waals surface area contributed by atoms with Crippen LogP contribution < -0.4 is 5.32 Å². The number of carbonyl (C=O) groups is 2. The third kappa shape index (κ3) is 3.53. The van der Waals surface area contributed by atoms with Gasteiger partial charge in [0.2, 0.25) is 11.8 Å². The first-order valence-corrected chi connectivity index (χ1v) is 10.5. The number of carbonyl (C=O) groups excluding carboxylic acids is 2. The number of hydrogen-bond acceptors (Lipinski definition) is 7. The molecule has 0 bridgehead atoms. The van der Waals surface area contributed by atoms with Gasteiger partial charge in [0.05, 0.1) is 6.34 Å². The highest BCUT2D eigenvalue weighted by atomic mass is 32.2. The number of nitrogens with one attached hydrogen (secondary N) is 2. The zero-order valence-corrected chi connectivity index (χ0v) is 18.0. The summed E-state index contributed by atoms with van der Waals surface area (Å²) in [6.07, 6.45) is 1.60. The molecule has 4 atom stereocenters. The molecule has 158 valence electrons. The van der Waals surface area contributed by atoms with Crippen LogP contribution in [0.4, 0.5) is 0 Å². The summed E-state index contributed by atoms with van der Waals surface area (Å²) < 4.78 is -0.303. The standard InChI is InChI=1S/C19H24N8O2S/c1-19(2)14(15-22-24-25-23-15)27-17(29)13(18(27)30-19)21-16(28)12(20-10-26(3)4)11-8-6-5-7-9-11/h5-10,12-14,18H,1-4H3,(H,21,28)(H,22,23,24,25)/b20-10+/t12?,13?,14?,18-/m1/s1. The zero-order chi connectivity index (χ0) is 21.5. The molecule has 1 aromatic carbocycles. The molecule has 2 N–H and O–H groups in total. The number of aromatic nitrogens is 4. The fourth-order valence-electron chi connectivity index (χ4n) is 3.85. The Morgan fingerprint density at radius 1 is 1.37 bits per heavy atom. The van der Waals surface area contributed by atoms with Crippen molar-refractivity contribution in [3.8, 4) is 0 Å². The normalized spacial score (nSPS) is 25.7. The van der Waals surface area contributed by atoms with E-state index in [4.69, 9.17) is 0 Å². The zero-order valence-electron chi connectivity index (χ0n) is 17.2. The van der Waals surface area contributed by atoms with Crippen LogP contribution in [0.15, 0.2) is 35.3 Å². The molecular formula is C19H24N8O2S. The average molecular weight is 429 g/mol. The van der Waals surface area contributed by atoms with Crippen molar-refractivity contribution in [1.29, 1.82) is 0 Å². The minimum atomic E-state index is -0.732. The topological polar surface area (TPSA) is 119 Å². The van der Waals surface area contributed by atoms with E-state index in [0.717, 1.165) is 5.56 Å². The first-order chi connectivity index (χ1) is 14.3. The second-order valence-electron chi connectivity index (χ2n) is 8.07. The molecule has 2 amide bonds. The van der Waals surface area contributed by atoms with E-state index in [0.29, 0.717) is 5.82 Å². The lowest BCUT2D eigenvalue weighted by atomic mass is 9.95. The van der Waals surface area contributed by atoms with Gasteiger partial charge in [-0.1, -0.05) is 30.3 Å². The molecule has 0 saturated carbocycles. The Labute approximate surface area is 178 Å². The Kier molecular flexibility index (Phi) is 5.22. The van der Waals surface area contributed by atoms with Crippen molar-refractivity contribution in [3.05, 3.63) is 41.7 Å². The maximum atomic E-state index is 13.1. The number of tetrazole rings is 1. The van der Waals surface area contributed by atoms with Gasteiger partial charge in [-0.2, -0.15) is 0 Å². The van der Waals surface area contributed by atoms with Gasteiger partial charge in [-0.15, -0.1) is 16.9 Å². The minimum Gasteiger partial charge on any atom is -0.369 e. The number of thioether (sulfide) groups is 1. The van der Waals surface area contributed by atoms with Crippen molar-refractivity contribution in [2.45, 2.75) is 42.1 Å². The van der Waals surface area contributed by atoms with E-state index in [2.05, 4.69) is 30.9 Å². The molecule has 0 aliphatic carbocycles. The monoisotopic (exact) mass is 428 g/mol. The molecule has 2 aromatic rings. The molecule has 11 heteroatoms. The van der Waals surface area contributed by atoms with Crippen molar-refractivity contribution < 1.29 is 9.59 Å². The van der Waals surface area contributed by atoms with E-state index in [1.165, 1.54) is 0 Å². The van der Waals surface area contributed by atoms with Gasteiger partial charge >= 0.3 is 0 Å². The lowest BCUT2D eigenvalue weighted by molar-refractivity contribution is -0.152. The number of H-pyrrole nitrogens is 1. The average Bonchev–Trinajstić information content (AvgIpc) is 3.31. The van der Waals surface area contributed by atoms with E-state index in [1.54, 1.807) is 27.9 Å². The van der Waals surface area contributed by atoms with E-state index >= 15 is 0 Å². The second-order valence-corrected chi connectivity index (χ2v) is 9.84. The van der Waals surface area contributed by atoms with Crippen molar-refractivity contribution in [1.82, 2.24) is 35.7 Å². The lowest BCUT2D eigenvalue weighted by Gasteiger charge is -2.44. The van der Waals surface area contributed by atoms with Crippen LogP contribution in [0.3, 0.4) is 0 Å². The van der Waals surface area contributed by atoms with E-state index < -0.39 is 12.1 Å². The molecule has 3 unspecified atom stereocenters. The Bertz CT molecular complexity index is 947. The summed E-state index contributed by atoms with van der Waals surface area (Å²) in [7, 11) is 3.68. The summed E-state index contributed by atoms with van der Waals surface area (Å²) >= 11 is 1.63. The highest BCUT2D eigenvalue weighted by Crippen LogP contribution is 2.56. The largest absolute Gasteiger partial charge is 0.369 e. The highest BCUT2D eigenvalue weighted by molar-refractivity contribution is 8.01. The number of nitrogens with zero attached hydrogens (tertiary/aromatic N) is 6. The number of hydrogen-bond donors (Lipinski definition) is 2. The summed E-state index contributed by atoms with van der Waals surface area (Å²) in [5.74, 6) is 0.0996. The number of aromatic amines is 1. The van der Waals surface area contributed by atoms with Gasteiger partial charge in [-0.3, -0.25) is 14.6 Å². The lowest BCUT2D eigenvalue weighted by Crippen LogP contribution is -2.68.